The molecule has 92 valence electrons. The molecule has 2 amide bonds. The summed E-state index contributed by atoms with van der Waals surface area (Å²) >= 11 is 0. The Morgan fingerprint density at radius 1 is 0.938 bits per heavy atom. The first-order valence-electron chi connectivity index (χ1n) is 6.62. The van der Waals surface area contributed by atoms with Gasteiger partial charge in [-0.2, -0.15) is 0 Å². The maximum atomic E-state index is 11.5. The van der Waals surface area contributed by atoms with E-state index in [2.05, 4.69) is 16.0 Å². The van der Waals surface area contributed by atoms with Gasteiger partial charge in [-0.1, -0.05) is 19.3 Å². The fourth-order valence-electron chi connectivity index (χ4n) is 2.22. The van der Waals surface area contributed by atoms with Gasteiger partial charge in [0.05, 0.1) is 0 Å². The van der Waals surface area contributed by atoms with Crippen molar-refractivity contribution in [2.24, 2.45) is 0 Å². The van der Waals surface area contributed by atoms with Gasteiger partial charge in [0.15, 0.2) is 0 Å². The lowest BCUT2D eigenvalue weighted by Gasteiger charge is -2.22. The fraction of sp³-hybridized carbons (Fsp3) is 0.917. The molecule has 4 nitrogen and oxygen atoms in total. The van der Waals surface area contributed by atoms with Gasteiger partial charge in [0.25, 0.3) is 0 Å². The van der Waals surface area contributed by atoms with Gasteiger partial charge in [-0.3, -0.25) is 0 Å². The van der Waals surface area contributed by atoms with Gasteiger partial charge < -0.3 is 16.0 Å². The first-order chi connectivity index (χ1) is 7.84. The molecule has 0 aromatic carbocycles. The van der Waals surface area contributed by atoms with Crippen LogP contribution in [0.3, 0.4) is 0 Å². The van der Waals surface area contributed by atoms with Gasteiger partial charge in [0.1, 0.15) is 0 Å². The summed E-state index contributed by atoms with van der Waals surface area (Å²) in [6.07, 6.45) is 8.73. The van der Waals surface area contributed by atoms with Gasteiger partial charge in [0.2, 0.25) is 0 Å². The van der Waals surface area contributed by atoms with Crippen molar-refractivity contribution >= 4 is 6.03 Å². The molecule has 0 aliphatic heterocycles. The van der Waals surface area contributed by atoms with Crippen LogP contribution in [-0.4, -0.2) is 31.2 Å². The molecule has 2 fully saturated rings. The zero-order valence-electron chi connectivity index (χ0n) is 9.93. The molecular formula is C12H23N3O. The molecule has 2 aliphatic rings. The molecule has 3 N–H and O–H groups in total. The lowest BCUT2D eigenvalue weighted by Crippen LogP contribution is -2.44. The molecule has 4 heteroatoms. The van der Waals surface area contributed by atoms with Gasteiger partial charge in [-0.25, -0.2) is 4.79 Å². The summed E-state index contributed by atoms with van der Waals surface area (Å²) in [4.78, 5) is 11.5. The fourth-order valence-corrected chi connectivity index (χ4v) is 2.22. The minimum Gasteiger partial charge on any atom is -0.337 e. The number of carbonyl (C=O) groups excluding carboxylic acids is 1. The van der Waals surface area contributed by atoms with Crippen molar-refractivity contribution < 1.29 is 4.79 Å². The van der Waals surface area contributed by atoms with E-state index < -0.39 is 0 Å². The molecular weight excluding hydrogens is 202 g/mol. The summed E-state index contributed by atoms with van der Waals surface area (Å²) in [5, 5.41) is 9.32. The number of carbonyl (C=O) groups is 1. The van der Waals surface area contributed by atoms with Crippen molar-refractivity contribution in [3.8, 4) is 0 Å². The van der Waals surface area contributed by atoms with E-state index in [0.29, 0.717) is 6.04 Å². The maximum absolute atomic E-state index is 11.5. The molecule has 0 unspecified atom stereocenters. The first-order valence-corrected chi connectivity index (χ1v) is 6.62. The molecule has 2 aliphatic carbocycles. The van der Waals surface area contributed by atoms with Crippen LogP contribution in [0.5, 0.6) is 0 Å². The summed E-state index contributed by atoms with van der Waals surface area (Å²) in [7, 11) is 0. The van der Waals surface area contributed by atoms with E-state index in [0.717, 1.165) is 32.0 Å². The highest BCUT2D eigenvalue weighted by molar-refractivity contribution is 5.74. The highest BCUT2D eigenvalue weighted by Gasteiger charge is 2.19. The molecule has 0 atom stereocenters. The van der Waals surface area contributed by atoms with Gasteiger partial charge >= 0.3 is 6.03 Å². The van der Waals surface area contributed by atoms with E-state index in [1.807, 2.05) is 0 Å². The van der Waals surface area contributed by atoms with Crippen LogP contribution in [0.15, 0.2) is 0 Å². The summed E-state index contributed by atoms with van der Waals surface area (Å²) in [6.45, 7) is 1.62. The minimum absolute atomic E-state index is 0.00416. The zero-order chi connectivity index (χ0) is 11.2. The Bertz CT molecular complexity index is 222. The lowest BCUT2D eigenvalue weighted by molar-refractivity contribution is 0.232. The molecule has 0 radical (unpaired) electrons. The molecule has 16 heavy (non-hydrogen) atoms. The van der Waals surface area contributed by atoms with Crippen molar-refractivity contribution in [3.05, 3.63) is 0 Å². The molecule has 0 aromatic heterocycles. The predicted molar refractivity (Wildman–Crippen MR) is 64.4 cm³/mol. The third-order valence-electron chi connectivity index (χ3n) is 3.36. The zero-order valence-corrected chi connectivity index (χ0v) is 9.93. The Kier molecular flexibility index (Phi) is 4.45. The molecule has 0 bridgehead atoms. The Balaban J connectivity index is 1.49. The van der Waals surface area contributed by atoms with Crippen molar-refractivity contribution in [1.29, 1.82) is 0 Å². The molecule has 0 heterocycles. The van der Waals surface area contributed by atoms with E-state index >= 15 is 0 Å². The lowest BCUT2D eigenvalue weighted by atomic mass is 9.96. The number of nitrogens with one attached hydrogen (secondary N) is 3. The second-order valence-electron chi connectivity index (χ2n) is 4.96. The van der Waals surface area contributed by atoms with Crippen molar-refractivity contribution in [1.82, 2.24) is 16.0 Å². The predicted octanol–water partition coefficient (Wildman–Crippen LogP) is 1.37. The highest BCUT2D eigenvalue weighted by Crippen LogP contribution is 2.18. The van der Waals surface area contributed by atoms with Crippen molar-refractivity contribution in [2.75, 3.05) is 13.1 Å². The molecule has 2 saturated carbocycles. The average molecular weight is 225 g/mol. The van der Waals surface area contributed by atoms with E-state index in [4.69, 9.17) is 0 Å². The third-order valence-corrected chi connectivity index (χ3v) is 3.36. The van der Waals surface area contributed by atoms with Crippen LogP contribution in [0.25, 0.3) is 0 Å². The Morgan fingerprint density at radius 2 is 1.69 bits per heavy atom. The van der Waals surface area contributed by atoms with Crippen LogP contribution in [-0.2, 0) is 0 Å². The molecule has 2 rings (SSSR count). The molecule has 0 spiro atoms. The first kappa shape index (κ1) is 11.7. The van der Waals surface area contributed by atoms with Crippen LogP contribution in [0.4, 0.5) is 4.79 Å². The normalized spacial score (nSPS) is 21.8. The summed E-state index contributed by atoms with van der Waals surface area (Å²) < 4.78 is 0. The number of hydrogen-bond donors (Lipinski definition) is 3. The second kappa shape index (κ2) is 6.09. The standard InChI is InChI=1S/C12H23N3O/c16-12(14-9-8-13-10-6-7-10)15-11-4-2-1-3-5-11/h10-11,13H,1-9H2,(H2,14,15,16). The van der Waals surface area contributed by atoms with Gasteiger partial charge in [-0.05, 0) is 25.7 Å². The smallest absolute Gasteiger partial charge is 0.315 e. The van der Waals surface area contributed by atoms with Crippen molar-refractivity contribution in [3.63, 3.8) is 0 Å². The monoisotopic (exact) mass is 225 g/mol. The summed E-state index contributed by atoms with van der Waals surface area (Å²) in [6, 6.07) is 1.14. The van der Waals surface area contributed by atoms with Crippen LogP contribution < -0.4 is 16.0 Å². The third kappa shape index (κ3) is 4.39. The van der Waals surface area contributed by atoms with Crippen LogP contribution in [0, 0.1) is 0 Å². The quantitative estimate of drug-likeness (QED) is 0.619. The van der Waals surface area contributed by atoms with Gasteiger partial charge in [-0.15, -0.1) is 0 Å². The summed E-state index contributed by atoms with van der Waals surface area (Å²) in [5.41, 5.74) is 0. The second-order valence-corrected chi connectivity index (χ2v) is 4.96. The Hall–Kier alpha value is -0.770. The summed E-state index contributed by atoms with van der Waals surface area (Å²) in [5.74, 6) is 0. The maximum Gasteiger partial charge on any atom is 0.315 e. The molecule has 0 aromatic rings. The van der Waals surface area contributed by atoms with E-state index in [1.54, 1.807) is 0 Å². The number of amides is 2. The van der Waals surface area contributed by atoms with E-state index in [1.165, 1.54) is 32.1 Å². The highest BCUT2D eigenvalue weighted by atomic mass is 16.2. The minimum atomic E-state index is 0.00416. The largest absolute Gasteiger partial charge is 0.337 e. The van der Waals surface area contributed by atoms with Crippen molar-refractivity contribution in [2.45, 2.75) is 57.0 Å². The van der Waals surface area contributed by atoms with E-state index in [9.17, 15) is 4.79 Å². The Labute approximate surface area is 97.6 Å². The SMILES string of the molecule is O=C(NCCNC1CC1)NC1CCCCC1. The Morgan fingerprint density at radius 3 is 2.38 bits per heavy atom. The topological polar surface area (TPSA) is 53.2 Å². The number of urea groups is 1. The van der Waals surface area contributed by atoms with Crippen LogP contribution >= 0.6 is 0 Å². The molecule has 0 saturated heterocycles. The van der Waals surface area contributed by atoms with Crippen LogP contribution in [0.1, 0.15) is 44.9 Å². The number of rotatable bonds is 5. The number of hydrogen-bond acceptors (Lipinski definition) is 2. The van der Waals surface area contributed by atoms with E-state index in [-0.39, 0.29) is 6.03 Å². The van der Waals surface area contributed by atoms with Crippen LogP contribution in [0.2, 0.25) is 0 Å². The van der Waals surface area contributed by atoms with Gasteiger partial charge in [0, 0.05) is 25.2 Å². The average Bonchev–Trinajstić information content (AvgIpc) is 3.10.